The highest BCUT2D eigenvalue weighted by Gasteiger charge is 2.47. The summed E-state index contributed by atoms with van der Waals surface area (Å²) >= 11 is 0. The van der Waals surface area contributed by atoms with Crippen molar-refractivity contribution in [2.45, 2.75) is 70.1 Å². The molecule has 6 heteroatoms. The highest BCUT2D eigenvalue weighted by Crippen LogP contribution is 2.43. The van der Waals surface area contributed by atoms with E-state index in [0.29, 0.717) is 29.7 Å². The lowest BCUT2D eigenvalue weighted by Gasteiger charge is -2.39. The third-order valence-corrected chi connectivity index (χ3v) is 6.86. The summed E-state index contributed by atoms with van der Waals surface area (Å²) in [6.07, 6.45) is 7.18. The van der Waals surface area contributed by atoms with Crippen molar-refractivity contribution < 1.29 is 19.8 Å². The summed E-state index contributed by atoms with van der Waals surface area (Å²) in [5, 5.41) is 23.6. The van der Waals surface area contributed by atoms with Crippen molar-refractivity contribution in [3.8, 4) is 0 Å². The smallest absolute Gasteiger partial charge is 0.306 e. The molecule has 0 saturated carbocycles. The molecule has 1 fully saturated rings. The van der Waals surface area contributed by atoms with Crippen LogP contribution in [0.2, 0.25) is 0 Å². The molecule has 0 bridgehead atoms. The molecule has 3 N–H and O–H groups in total. The molecular formula is C21H28N2O4. The van der Waals surface area contributed by atoms with Gasteiger partial charge in [0.05, 0.1) is 23.8 Å². The Balaban J connectivity index is 1.57. The number of aliphatic hydroxyl groups is 1. The lowest BCUT2D eigenvalue weighted by molar-refractivity contribution is -0.141. The van der Waals surface area contributed by atoms with Crippen LogP contribution in [0.1, 0.15) is 52.4 Å². The van der Waals surface area contributed by atoms with E-state index in [1.807, 2.05) is 0 Å². The fourth-order valence-corrected chi connectivity index (χ4v) is 5.36. The van der Waals surface area contributed by atoms with E-state index in [1.165, 1.54) is 11.8 Å². The molecule has 6 nitrogen and oxygen atoms in total. The van der Waals surface area contributed by atoms with Gasteiger partial charge in [0, 0.05) is 24.2 Å². The van der Waals surface area contributed by atoms with Gasteiger partial charge in [-0.25, -0.2) is 0 Å². The fourth-order valence-electron chi connectivity index (χ4n) is 5.36. The average Bonchev–Trinajstić information content (AvgIpc) is 2.98. The average molecular weight is 372 g/mol. The van der Waals surface area contributed by atoms with E-state index in [0.717, 1.165) is 31.4 Å². The summed E-state index contributed by atoms with van der Waals surface area (Å²) in [5.41, 5.74) is 2.12. The van der Waals surface area contributed by atoms with E-state index < -0.39 is 11.6 Å². The minimum Gasteiger partial charge on any atom is -0.481 e. The number of carboxylic acid groups (broad SMARTS) is 1. The number of nitrogens with zero attached hydrogens (tertiary/aromatic N) is 1. The first-order valence-electron chi connectivity index (χ1n) is 9.94. The summed E-state index contributed by atoms with van der Waals surface area (Å²) < 4.78 is 0. The number of aliphatic carboxylic acids is 1. The number of carbonyl (C=O) groups excluding carboxylic acids is 1. The molecule has 4 atom stereocenters. The molecule has 4 aliphatic rings. The molecule has 0 aromatic heterocycles. The van der Waals surface area contributed by atoms with Gasteiger partial charge in [-0.05, 0) is 56.3 Å². The Morgan fingerprint density at radius 3 is 2.93 bits per heavy atom. The number of carboxylic acids is 1. The Bertz CT molecular complexity index is 781. The summed E-state index contributed by atoms with van der Waals surface area (Å²) in [6.45, 7) is 4.91. The van der Waals surface area contributed by atoms with Crippen LogP contribution in [-0.4, -0.2) is 51.1 Å². The van der Waals surface area contributed by atoms with Gasteiger partial charge in [0.2, 0.25) is 5.78 Å². The van der Waals surface area contributed by atoms with Crippen LogP contribution in [-0.2, 0) is 9.59 Å². The van der Waals surface area contributed by atoms with Crippen molar-refractivity contribution in [1.29, 1.82) is 0 Å². The number of fused-ring (bicyclic) bond motifs is 3. The van der Waals surface area contributed by atoms with Gasteiger partial charge in [-0.2, -0.15) is 0 Å². The van der Waals surface area contributed by atoms with Crippen LogP contribution in [0.3, 0.4) is 0 Å². The van der Waals surface area contributed by atoms with Crippen LogP contribution < -0.4 is 5.32 Å². The molecule has 146 valence electrons. The van der Waals surface area contributed by atoms with Crippen molar-refractivity contribution in [1.82, 2.24) is 10.2 Å². The third kappa shape index (κ3) is 3.00. The van der Waals surface area contributed by atoms with Gasteiger partial charge in [-0.1, -0.05) is 13.0 Å². The van der Waals surface area contributed by atoms with Gasteiger partial charge < -0.3 is 20.4 Å². The lowest BCUT2D eigenvalue weighted by atomic mass is 9.75. The molecule has 1 saturated heterocycles. The first kappa shape index (κ1) is 18.3. The molecule has 27 heavy (non-hydrogen) atoms. The number of carbonyl (C=O) groups is 2. The quantitative estimate of drug-likeness (QED) is 0.700. The second-order valence-electron chi connectivity index (χ2n) is 8.42. The van der Waals surface area contributed by atoms with Crippen LogP contribution in [0.25, 0.3) is 0 Å². The molecule has 0 aromatic rings. The number of allylic oxidation sites excluding steroid dienone is 4. The van der Waals surface area contributed by atoms with E-state index in [9.17, 15) is 14.7 Å². The predicted octanol–water partition coefficient (Wildman–Crippen LogP) is 2.12. The van der Waals surface area contributed by atoms with Crippen LogP contribution in [0, 0.1) is 5.92 Å². The van der Waals surface area contributed by atoms with Crippen molar-refractivity contribution in [3.63, 3.8) is 0 Å². The second kappa shape index (κ2) is 6.51. The molecule has 1 aliphatic carbocycles. The molecule has 4 rings (SSSR count). The molecule has 4 unspecified atom stereocenters. The minimum atomic E-state index is -1.45. The van der Waals surface area contributed by atoms with Crippen LogP contribution in [0.15, 0.2) is 34.7 Å². The third-order valence-electron chi connectivity index (χ3n) is 6.86. The van der Waals surface area contributed by atoms with Gasteiger partial charge in [0.15, 0.2) is 0 Å². The maximum absolute atomic E-state index is 12.8. The maximum atomic E-state index is 12.8. The molecule has 0 aromatic carbocycles. The summed E-state index contributed by atoms with van der Waals surface area (Å²) in [4.78, 5) is 26.5. The van der Waals surface area contributed by atoms with Gasteiger partial charge in [0.25, 0.3) is 0 Å². The summed E-state index contributed by atoms with van der Waals surface area (Å²) in [7, 11) is 0. The van der Waals surface area contributed by atoms with E-state index in [-0.39, 0.29) is 24.7 Å². The molecular weight excluding hydrogens is 344 g/mol. The number of nitrogens with one attached hydrogen (secondary N) is 1. The number of hydrogen-bond donors (Lipinski definition) is 3. The zero-order valence-electron chi connectivity index (χ0n) is 16.0. The largest absolute Gasteiger partial charge is 0.481 e. The number of rotatable bonds is 4. The minimum absolute atomic E-state index is 0.122. The number of hydrogen-bond acceptors (Lipinski definition) is 5. The molecule has 3 aliphatic heterocycles. The van der Waals surface area contributed by atoms with E-state index in [2.05, 4.69) is 23.2 Å². The summed E-state index contributed by atoms with van der Waals surface area (Å²) in [5.74, 6) is -0.732. The normalized spacial score (nSPS) is 31.9. The van der Waals surface area contributed by atoms with E-state index >= 15 is 0 Å². The fraction of sp³-hybridized carbons (Fsp3) is 0.619. The maximum Gasteiger partial charge on any atom is 0.306 e. The molecule has 3 heterocycles. The highest BCUT2D eigenvalue weighted by molar-refractivity contribution is 6.06. The molecule has 0 amide bonds. The van der Waals surface area contributed by atoms with E-state index in [1.54, 1.807) is 6.92 Å². The molecule has 0 spiro atoms. The number of ketones is 1. The van der Waals surface area contributed by atoms with Crippen molar-refractivity contribution >= 4 is 11.8 Å². The summed E-state index contributed by atoms with van der Waals surface area (Å²) in [6, 6.07) is 0.724. The van der Waals surface area contributed by atoms with Crippen molar-refractivity contribution in [3.05, 3.63) is 34.7 Å². The van der Waals surface area contributed by atoms with Gasteiger partial charge in [-0.15, -0.1) is 0 Å². The van der Waals surface area contributed by atoms with Gasteiger partial charge >= 0.3 is 5.97 Å². The Kier molecular flexibility index (Phi) is 4.41. The SMILES string of the molecule is CCC(O)(CC(=O)O)C1=CC(=O)C2=C(C1)CC1CN3C(C)=CCCC3C1N2. The standard InChI is InChI=1S/C21H28N2O4/c1-3-21(27,10-18(25)26)15-8-13-7-14-11-23-12(2)5-4-6-16(23)19(14)22-20(13)17(24)9-15/h5,9,14,16,19,22,27H,3-4,6-8,10-11H2,1-2H3,(H,25,26). The van der Waals surface area contributed by atoms with Crippen LogP contribution >= 0.6 is 0 Å². The Morgan fingerprint density at radius 2 is 2.22 bits per heavy atom. The van der Waals surface area contributed by atoms with Crippen LogP contribution in [0.5, 0.6) is 0 Å². The van der Waals surface area contributed by atoms with E-state index in [4.69, 9.17) is 5.11 Å². The zero-order chi connectivity index (χ0) is 19.3. The first-order valence-corrected chi connectivity index (χ1v) is 9.94. The Hall–Kier alpha value is -2.08. The second-order valence-corrected chi connectivity index (χ2v) is 8.42. The lowest BCUT2D eigenvalue weighted by Crippen LogP contribution is -2.49. The highest BCUT2D eigenvalue weighted by atomic mass is 16.4. The van der Waals surface area contributed by atoms with Crippen molar-refractivity contribution in [2.75, 3.05) is 6.54 Å². The monoisotopic (exact) mass is 372 g/mol. The Labute approximate surface area is 159 Å². The molecule has 0 radical (unpaired) electrons. The van der Waals surface area contributed by atoms with Crippen LogP contribution in [0.4, 0.5) is 0 Å². The van der Waals surface area contributed by atoms with Crippen molar-refractivity contribution in [2.24, 2.45) is 5.92 Å². The topological polar surface area (TPSA) is 89.9 Å². The zero-order valence-corrected chi connectivity index (χ0v) is 16.0. The van der Waals surface area contributed by atoms with Gasteiger partial charge in [-0.3, -0.25) is 9.59 Å². The Morgan fingerprint density at radius 1 is 1.44 bits per heavy atom. The first-order chi connectivity index (χ1) is 12.8. The predicted molar refractivity (Wildman–Crippen MR) is 101 cm³/mol. The van der Waals surface area contributed by atoms with Gasteiger partial charge in [0.1, 0.15) is 0 Å².